The monoisotopic (exact) mass is 462 g/mol. The number of nitrogens with one attached hydrogen (secondary N) is 1. The molecule has 1 N–H and O–H groups in total. The summed E-state index contributed by atoms with van der Waals surface area (Å²) in [6.07, 6.45) is 2.07. The molecule has 0 saturated carbocycles. The maximum atomic E-state index is 12.8. The van der Waals surface area contributed by atoms with Gasteiger partial charge < -0.3 is 18.9 Å². The third kappa shape index (κ3) is 7.85. The van der Waals surface area contributed by atoms with E-state index in [9.17, 15) is 4.79 Å². The van der Waals surface area contributed by atoms with Crippen molar-refractivity contribution in [3.05, 3.63) is 84.4 Å². The molecule has 7 heteroatoms. The molecule has 0 heterocycles. The van der Waals surface area contributed by atoms with Crippen molar-refractivity contribution < 1.29 is 23.7 Å². The van der Waals surface area contributed by atoms with E-state index >= 15 is 0 Å². The Kier molecular flexibility index (Phi) is 9.80. The van der Waals surface area contributed by atoms with Crippen LogP contribution in [0.2, 0.25) is 0 Å². The van der Waals surface area contributed by atoms with E-state index in [0.29, 0.717) is 36.0 Å². The molecule has 0 aliphatic carbocycles. The Hall–Kier alpha value is -4.00. The van der Waals surface area contributed by atoms with Crippen LogP contribution in [0.3, 0.4) is 0 Å². The van der Waals surface area contributed by atoms with E-state index in [1.54, 1.807) is 24.3 Å². The minimum absolute atomic E-state index is 0.500. The van der Waals surface area contributed by atoms with Crippen LogP contribution in [0, 0.1) is 0 Å². The van der Waals surface area contributed by atoms with Crippen LogP contribution in [0.4, 0.5) is 0 Å². The standard InChI is InChI=1S/C27H30N2O5/c1-3-17-31-24-16-15-21(25(19-24)32-18-4-2)20-28-29-26(30)27(33-22-11-7-5-8-12-22)34-23-13-9-6-10-14-23/h5-16,19-20,27H,3-4,17-18H2,1-2H3,(H,29,30)/b28-20+. The number of ether oxygens (including phenoxy) is 4. The highest BCUT2D eigenvalue weighted by Crippen LogP contribution is 2.24. The van der Waals surface area contributed by atoms with Crippen molar-refractivity contribution in [1.29, 1.82) is 0 Å². The number of rotatable bonds is 13. The molecule has 0 aliphatic heterocycles. The molecule has 3 rings (SSSR count). The summed E-state index contributed by atoms with van der Waals surface area (Å²) < 4.78 is 23.1. The molecule has 0 bridgehead atoms. The highest BCUT2D eigenvalue weighted by Gasteiger charge is 2.22. The highest BCUT2D eigenvalue weighted by atomic mass is 16.7. The fourth-order valence-electron chi connectivity index (χ4n) is 2.86. The molecule has 34 heavy (non-hydrogen) atoms. The predicted octanol–water partition coefficient (Wildman–Crippen LogP) is 5.20. The van der Waals surface area contributed by atoms with E-state index < -0.39 is 12.2 Å². The Bertz CT molecular complexity index is 1000. The molecule has 0 spiro atoms. The van der Waals surface area contributed by atoms with Gasteiger partial charge in [0.1, 0.15) is 23.0 Å². The number of nitrogens with zero attached hydrogens (tertiary/aromatic N) is 1. The number of amides is 1. The maximum Gasteiger partial charge on any atom is 0.323 e. The molecule has 0 unspecified atom stereocenters. The van der Waals surface area contributed by atoms with Crippen molar-refractivity contribution in [3.8, 4) is 23.0 Å². The summed E-state index contributed by atoms with van der Waals surface area (Å²) in [5.41, 5.74) is 3.21. The first-order valence-electron chi connectivity index (χ1n) is 11.4. The molecule has 3 aromatic rings. The second kappa shape index (κ2) is 13.5. The molecule has 0 saturated heterocycles. The van der Waals surface area contributed by atoms with Gasteiger partial charge in [-0.05, 0) is 49.2 Å². The Balaban J connectivity index is 1.71. The average Bonchev–Trinajstić information content (AvgIpc) is 2.87. The van der Waals surface area contributed by atoms with Crippen LogP contribution in [-0.4, -0.2) is 31.6 Å². The van der Waals surface area contributed by atoms with Crippen molar-refractivity contribution >= 4 is 12.1 Å². The van der Waals surface area contributed by atoms with Gasteiger partial charge in [-0.3, -0.25) is 4.79 Å². The number of benzene rings is 3. The Labute approximate surface area is 200 Å². The van der Waals surface area contributed by atoms with E-state index in [1.165, 1.54) is 6.21 Å². The van der Waals surface area contributed by atoms with E-state index in [-0.39, 0.29) is 0 Å². The van der Waals surface area contributed by atoms with Crippen LogP contribution in [0.5, 0.6) is 23.0 Å². The summed E-state index contributed by atoms with van der Waals surface area (Å²) in [6, 6.07) is 23.5. The van der Waals surface area contributed by atoms with Gasteiger partial charge in [0, 0.05) is 11.6 Å². The molecular formula is C27H30N2O5. The number of carbonyl (C=O) groups is 1. The van der Waals surface area contributed by atoms with Crippen LogP contribution in [0.25, 0.3) is 0 Å². The van der Waals surface area contributed by atoms with Crippen molar-refractivity contribution in [2.24, 2.45) is 5.10 Å². The summed E-state index contributed by atoms with van der Waals surface area (Å²) >= 11 is 0. The van der Waals surface area contributed by atoms with Crippen LogP contribution >= 0.6 is 0 Å². The van der Waals surface area contributed by atoms with Gasteiger partial charge in [0.25, 0.3) is 0 Å². The second-order valence-electron chi connectivity index (χ2n) is 7.32. The van der Waals surface area contributed by atoms with Gasteiger partial charge in [-0.2, -0.15) is 5.10 Å². The lowest BCUT2D eigenvalue weighted by molar-refractivity contribution is -0.140. The highest BCUT2D eigenvalue weighted by molar-refractivity contribution is 5.86. The minimum Gasteiger partial charge on any atom is -0.493 e. The fraction of sp³-hybridized carbons (Fsp3) is 0.259. The predicted molar refractivity (Wildman–Crippen MR) is 132 cm³/mol. The van der Waals surface area contributed by atoms with Gasteiger partial charge >= 0.3 is 12.2 Å². The zero-order chi connectivity index (χ0) is 24.0. The third-order valence-electron chi connectivity index (χ3n) is 4.48. The van der Waals surface area contributed by atoms with Crippen molar-refractivity contribution in [1.82, 2.24) is 5.43 Å². The first-order valence-corrected chi connectivity index (χ1v) is 11.4. The fourth-order valence-corrected chi connectivity index (χ4v) is 2.86. The lowest BCUT2D eigenvalue weighted by Crippen LogP contribution is -2.40. The van der Waals surface area contributed by atoms with Gasteiger partial charge in [-0.1, -0.05) is 50.2 Å². The lowest BCUT2D eigenvalue weighted by atomic mass is 10.2. The van der Waals surface area contributed by atoms with Crippen molar-refractivity contribution in [2.75, 3.05) is 13.2 Å². The normalized spacial score (nSPS) is 10.8. The molecule has 0 atom stereocenters. The maximum absolute atomic E-state index is 12.8. The zero-order valence-electron chi connectivity index (χ0n) is 19.5. The molecule has 0 aliphatic rings. The summed E-state index contributed by atoms with van der Waals surface area (Å²) in [6.45, 7) is 5.27. The van der Waals surface area contributed by atoms with Gasteiger partial charge in [-0.25, -0.2) is 5.43 Å². The quantitative estimate of drug-likeness (QED) is 0.215. The van der Waals surface area contributed by atoms with E-state index in [1.807, 2.05) is 61.5 Å². The van der Waals surface area contributed by atoms with Crippen LogP contribution in [0.1, 0.15) is 32.3 Å². The number of para-hydroxylation sites is 2. The van der Waals surface area contributed by atoms with Crippen LogP contribution in [0.15, 0.2) is 84.0 Å². The van der Waals surface area contributed by atoms with Gasteiger partial charge in [-0.15, -0.1) is 0 Å². The molecule has 0 fully saturated rings. The van der Waals surface area contributed by atoms with Gasteiger partial charge in [0.05, 0.1) is 19.4 Å². The Morgan fingerprint density at radius 3 is 2.00 bits per heavy atom. The summed E-state index contributed by atoms with van der Waals surface area (Å²) in [5, 5.41) is 4.10. The molecule has 1 amide bonds. The molecule has 178 valence electrons. The van der Waals surface area contributed by atoms with Gasteiger partial charge in [0.15, 0.2) is 0 Å². The summed E-state index contributed by atoms with van der Waals surface area (Å²) in [4.78, 5) is 12.8. The zero-order valence-corrected chi connectivity index (χ0v) is 19.5. The first-order chi connectivity index (χ1) is 16.7. The second-order valence-corrected chi connectivity index (χ2v) is 7.32. The summed E-state index contributed by atoms with van der Waals surface area (Å²) in [5.74, 6) is 1.80. The van der Waals surface area contributed by atoms with E-state index in [4.69, 9.17) is 18.9 Å². The average molecular weight is 463 g/mol. The first kappa shape index (κ1) is 24.6. The van der Waals surface area contributed by atoms with Crippen molar-refractivity contribution in [3.63, 3.8) is 0 Å². The molecule has 3 aromatic carbocycles. The van der Waals surface area contributed by atoms with E-state index in [0.717, 1.165) is 18.6 Å². The molecule has 0 radical (unpaired) electrons. The largest absolute Gasteiger partial charge is 0.493 e. The smallest absolute Gasteiger partial charge is 0.323 e. The Morgan fingerprint density at radius 2 is 1.41 bits per heavy atom. The SMILES string of the molecule is CCCOc1ccc(/C=N/NC(=O)C(Oc2ccccc2)Oc2ccccc2)c(OCCC)c1. The third-order valence-corrected chi connectivity index (χ3v) is 4.48. The topological polar surface area (TPSA) is 78.4 Å². The molecular weight excluding hydrogens is 432 g/mol. The van der Waals surface area contributed by atoms with Crippen molar-refractivity contribution in [2.45, 2.75) is 33.0 Å². The number of hydrogen-bond acceptors (Lipinski definition) is 6. The summed E-state index contributed by atoms with van der Waals surface area (Å²) in [7, 11) is 0. The Morgan fingerprint density at radius 1 is 0.824 bits per heavy atom. The number of hydrogen-bond donors (Lipinski definition) is 1. The molecule has 7 nitrogen and oxygen atoms in total. The number of hydrazone groups is 1. The van der Waals surface area contributed by atoms with Crippen LogP contribution in [-0.2, 0) is 4.79 Å². The lowest BCUT2D eigenvalue weighted by Gasteiger charge is -2.18. The minimum atomic E-state index is -1.23. The molecule has 0 aromatic heterocycles. The number of carbonyl (C=O) groups excluding carboxylic acids is 1. The van der Waals surface area contributed by atoms with Crippen LogP contribution < -0.4 is 24.4 Å². The van der Waals surface area contributed by atoms with Gasteiger partial charge in [0.2, 0.25) is 0 Å². The van der Waals surface area contributed by atoms with E-state index in [2.05, 4.69) is 17.5 Å².